The number of benzene rings is 1. The molecule has 0 atom stereocenters. The van der Waals surface area contributed by atoms with Crippen molar-refractivity contribution in [1.82, 2.24) is 0 Å². The Bertz CT molecular complexity index is 303. The van der Waals surface area contributed by atoms with Crippen LogP contribution in [-0.2, 0) is 17.6 Å². The maximum Gasteiger partial charge on any atom is 0.205 e. The van der Waals surface area contributed by atoms with Crippen LogP contribution in [0.5, 0.6) is 0 Å². The van der Waals surface area contributed by atoms with Gasteiger partial charge in [-0.25, -0.2) is 0 Å². The fraction of sp³-hybridized carbons (Fsp3) is 0.417. The minimum Gasteiger partial charge on any atom is -0.290 e. The molecule has 1 aliphatic carbocycles. The highest BCUT2D eigenvalue weighted by atomic mass is 16.1. The minimum atomic E-state index is -0.219. The Morgan fingerprint density at radius 2 is 1.85 bits per heavy atom. The number of fused-ring (bicyclic) bond motifs is 1. The monoisotopic (exact) mass is 173 g/mol. The molecule has 1 aliphatic rings. The summed E-state index contributed by atoms with van der Waals surface area (Å²) in [6, 6.07) is 8.30. The van der Waals surface area contributed by atoms with E-state index in [1.165, 1.54) is 11.1 Å². The fourth-order valence-corrected chi connectivity index (χ4v) is 2.09. The van der Waals surface area contributed by atoms with Gasteiger partial charge in [0.05, 0.1) is 0 Å². The lowest BCUT2D eigenvalue weighted by molar-refractivity contribution is 0.390. The summed E-state index contributed by atoms with van der Waals surface area (Å²) in [7, 11) is 0. The van der Waals surface area contributed by atoms with E-state index in [0.29, 0.717) is 0 Å². The van der Waals surface area contributed by atoms with Crippen molar-refractivity contribution in [2.24, 2.45) is 5.41 Å². The van der Waals surface area contributed by atoms with Gasteiger partial charge in [-0.1, -0.05) is 31.2 Å². The first-order valence-electron chi connectivity index (χ1n) is 4.76. The van der Waals surface area contributed by atoms with Crippen LogP contribution in [0.2, 0.25) is 0 Å². The van der Waals surface area contributed by atoms with Crippen molar-refractivity contribution < 1.29 is 4.79 Å². The summed E-state index contributed by atoms with van der Waals surface area (Å²) in [6.45, 7) is 2.07. The Labute approximate surface area is 78.8 Å². The molecule has 0 heterocycles. The van der Waals surface area contributed by atoms with Gasteiger partial charge in [-0.3, -0.25) is 4.79 Å². The first kappa shape index (κ1) is 8.49. The zero-order valence-electron chi connectivity index (χ0n) is 7.84. The highest BCUT2D eigenvalue weighted by molar-refractivity contribution is 5.64. The highest BCUT2D eigenvalue weighted by Gasteiger charge is 2.35. The third-order valence-corrected chi connectivity index (χ3v) is 3.07. The lowest BCUT2D eigenvalue weighted by atomic mass is 9.84. The van der Waals surface area contributed by atoms with E-state index < -0.39 is 0 Å². The van der Waals surface area contributed by atoms with Gasteiger partial charge in [0.2, 0.25) is 6.29 Å². The molecule has 67 valence electrons. The van der Waals surface area contributed by atoms with Crippen LogP contribution in [-0.4, -0.2) is 6.29 Å². The Morgan fingerprint density at radius 1 is 1.31 bits per heavy atom. The topological polar surface area (TPSA) is 17.1 Å². The van der Waals surface area contributed by atoms with Gasteiger partial charge >= 0.3 is 0 Å². The smallest absolute Gasteiger partial charge is 0.205 e. The standard InChI is InChI=1S/C12H13O/c1-2-12(9-13)7-10-5-3-4-6-11(10)8-12/h3-6H,2,7-8H2,1H3. The quantitative estimate of drug-likeness (QED) is 0.670. The average molecular weight is 173 g/mol. The molecule has 0 spiro atoms. The fourth-order valence-electron chi connectivity index (χ4n) is 2.09. The van der Waals surface area contributed by atoms with Crippen molar-refractivity contribution in [2.45, 2.75) is 26.2 Å². The molecule has 0 aliphatic heterocycles. The first-order chi connectivity index (χ1) is 6.29. The van der Waals surface area contributed by atoms with Gasteiger partial charge in [0, 0.05) is 5.41 Å². The second-order valence-electron chi connectivity index (χ2n) is 3.86. The average Bonchev–Trinajstić information content (AvgIpc) is 2.57. The molecule has 1 nitrogen and oxygen atoms in total. The molecule has 0 saturated carbocycles. The molecule has 1 aromatic rings. The van der Waals surface area contributed by atoms with E-state index in [1.807, 2.05) is 12.1 Å². The molecular weight excluding hydrogens is 160 g/mol. The van der Waals surface area contributed by atoms with Crippen LogP contribution >= 0.6 is 0 Å². The van der Waals surface area contributed by atoms with E-state index in [4.69, 9.17) is 0 Å². The van der Waals surface area contributed by atoms with E-state index in [-0.39, 0.29) is 5.41 Å². The molecule has 0 N–H and O–H groups in total. The molecule has 0 unspecified atom stereocenters. The van der Waals surface area contributed by atoms with Crippen molar-refractivity contribution in [3.8, 4) is 0 Å². The lowest BCUT2D eigenvalue weighted by Crippen LogP contribution is -2.21. The molecule has 1 heteroatoms. The SMILES string of the molecule is CCC1([C]=O)Cc2ccccc2C1. The minimum absolute atomic E-state index is 0.219. The van der Waals surface area contributed by atoms with Crippen LogP contribution < -0.4 is 0 Å². The summed E-state index contributed by atoms with van der Waals surface area (Å²) < 4.78 is 0. The molecular formula is C12H13O. The van der Waals surface area contributed by atoms with Gasteiger partial charge in [-0.15, -0.1) is 0 Å². The van der Waals surface area contributed by atoms with E-state index in [0.717, 1.165) is 19.3 Å². The second kappa shape index (κ2) is 2.99. The van der Waals surface area contributed by atoms with Crippen LogP contribution in [0.4, 0.5) is 0 Å². The zero-order chi connectivity index (χ0) is 9.31. The lowest BCUT2D eigenvalue weighted by Gasteiger charge is -2.17. The number of hydrogen-bond acceptors (Lipinski definition) is 1. The van der Waals surface area contributed by atoms with Gasteiger partial charge in [0.15, 0.2) is 0 Å². The number of carbonyl (C=O) groups excluding carboxylic acids is 1. The normalized spacial score (nSPS) is 18.2. The van der Waals surface area contributed by atoms with Gasteiger partial charge in [0.1, 0.15) is 0 Å². The Balaban J connectivity index is 2.35. The molecule has 0 saturated heterocycles. The zero-order valence-corrected chi connectivity index (χ0v) is 7.84. The molecule has 0 aromatic heterocycles. The third kappa shape index (κ3) is 1.28. The first-order valence-corrected chi connectivity index (χ1v) is 4.76. The summed E-state index contributed by atoms with van der Waals surface area (Å²) >= 11 is 0. The summed E-state index contributed by atoms with van der Waals surface area (Å²) in [4.78, 5) is 10.9. The summed E-state index contributed by atoms with van der Waals surface area (Å²) in [5, 5.41) is 0. The molecule has 2 rings (SSSR count). The summed E-state index contributed by atoms with van der Waals surface area (Å²) in [6.07, 6.45) is 4.87. The summed E-state index contributed by atoms with van der Waals surface area (Å²) in [5.41, 5.74) is 2.43. The molecule has 0 fully saturated rings. The molecule has 0 bridgehead atoms. The van der Waals surface area contributed by atoms with Crippen molar-refractivity contribution >= 4 is 6.29 Å². The molecule has 1 aromatic carbocycles. The van der Waals surface area contributed by atoms with Crippen LogP contribution in [0.1, 0.15) is 24.5 Å². The Kier molecular flexibility index (Phi) is 1.95. The predicted molar refractivity (Wildman–Crippen MR) is 52.3 cm³/mol. The largest absolute Gasteiger partial charge is 0.290 e. The predicted octanol–water partition coefficient (Wildman–Crippen LogP) is 2.29. The van der Waals surface area contributed by atoms with Gasteiger partial charge in [-0.2, -0.15) is 0 Å². The second-order valence-corrected chi connectivity index (χ2v) is 3.86. The summed E-state index contributed by atoms with van der Waals surface area (Å²) in [5.74, 6) is 0. The van der Waals surface area contributed by atoms with Crippen molar-refractivity contribution in [3.63, 3.8) is 0 Å². The van der Waals surface area contributed by atoms with E-state index in [9.17, 15) is 4.79 Å². The van der Waals surface area contributed by atoms with Crippen LogP contribution in [0, 0.1) is 5.41 Å². The van der Waals surface area contributed by atoms with Gasteiger partial charge < -0.3 is 0 Å². The van der Waals surface area contributed by atoms with Crippen LogP contribution in [0.3, 0.4) is 0 Å². The maximum absolute atomic E-state index is 10.9. The van der Waals surface area contributed by atoms with Crippen LogP contribution in [0.15, 0.2) is 24.3 Å². The van der Waals surface area contributed by atoms with E-state index in [2.05, 4.69) is 25.3 Å². The molecule has 0 amide bonds. The Hall–Kier alpha value is -1.11. The number of hydrogen-bond donors (Lipinski definition) is 0. The van der Waals surface area contributed by atoms with E-state index in [1.54, 1.807) is 0 Å². The van der Waals surface area contributed by atoms with Gasteiger partial charge in [-0.05, 0) is 30.4 Å². The van der Waals surface area contributed by atoms with Crippen molar-refractivity contribution in [1.29, 1.82) is 0 Å². The van der Waals surface area contributed by atoms with Crippen molar-refractivity contribution in [3.05, 3.63) is 35.4 Å². The maximum atomic E-state index is 10.9. The van der Waals surface area contributed by atoms with Gasteiger partial charge in [0.25, 0.3) is 0 Å². The number of rotatable bonds is 2. The highest BCUT2D eigenvalue weighted by Crippen LogP contribution is 2.37. The third-order valence-electron chi connectivity index (χ3n) is 3.07. The molecule has 13 heavy (non-hydrogen) atoms. The van der Waals surface area contributed by atoms with E-state index >= 15 is 0 Å². The van der Waals surface area contributed by atoms with Crippen LogP contribution in [0.25, 0.3) is 0 Å². The molecule has 1 radical (unpaired) electrons. The van der Waals surface area contributed by atoms with Crippen molar-refractivity contribution in [2.75, 3.05) is 0 Å². The Morgan fingerprint density at radius 3 is 2.23 bits per heavy atom.